The predicted molar refractivity (Wildman–Crippen MR) is 243 cm³/mol. The van der Waals surface area contributed by atoms with Gasteiger partial charge in [0, 0.05) is 58.9 Å². The molecule has 17 atom stereocenters. The summed E-state index contributed by atoms with van der Waals surface area (Å²) in [4.78, 5) is 73.4. The molecule has 5 heterocycles. The van der Waals surface area contributed by atoms with Crippen LogP contribution in [0.4, 0.5) is 14.4 Å². The van der Waals surface area contributed by atoms with Gasteiger partial charge in [-0.25, -0.2) is 14.4 Å². The SMILES string of the molecule is O=C(NCCCN1CCN(C(CCNC(=O)OC[C@H]2OC(O)[C@H](O)[C@@H](O)[C@@H]2O)C(=O)O)Cc2cccc(n2)CN(C(CCNC(=O)OC[C@H]2OC(O)[C@H](O)[C@@H](O)[C@@H]2O)C(=O)O)CC1)OC[C@H]1OC(O)[C@H](O)[C@@H](O)[C@@H]1O. The lowest BCUT2D eigenvalue weighted by atomic mass is 9.99. The van der Waals surface area contributed by atoms with Crippen LogP contribution in [0.25, 0.3) is 0 Å². The molecule has 75 heavy (non-hydrogen) atoms. The van der Waals surface area contributed by atoms with Crippen molar-refractivity contribution in [2.45, 2.75) is 137 Å². The summed E-state index contributed by atoms with van der Waals surface area (Å²) in [6.45, 7) is -1.84. The Labute approximate surface area is 427 Å². The van der Waals surface area contributed by atoms with E-state index in [1.54, 1.807) is 28.0 Å². The molecule has 0 spiro atoms. The first-order chi connectivity index (χ1) is 35.6. The molecular weight excluding hydrogens is 1010 g/mol. The number of aliphatic hydroxyl groups excluding tert-OH is 12. The molecule has 1 aromatic heterocycles. The number of alkyl carbamates (subject to hydrolysis) is 3. The van der Waals surface area contributed by atoms with Crippen molar-refractivity contribution in [2.24, 2.45) is 0 Å². The third-order valence-corrected chi connectivity index (χ3v) is 12.9. The highest BCUT2D eigenvalue weighted by atomic mass is 16.7. The molecule has 5 rings (SSSR count). The number of nitrogens with one attached hydrogen (secondary N) is 3. The Morgan fingerprint density at radius 1 is 0.520 bits per heavy atom. The van der Waals surface area contributed by atoms with E-state index in [0.29, 0.717) is 11.4 Å². The maximum atomic E-state index is 12.9. The largest absolute Gasteiger partial charge is 0.480 e. The van der Waals surface area contributed by atoms with Crippen LogP contribution in [0.15, 0.2) is 18.2 Å². The number of carboxylic acids is 2. The fourth-order valence-electron chi connectivity index (χ4n) is 8.56. The Morgan fingerprint density at radius 3 is 1.21 bits per heavy atom. The van der Waals surface area contributed by atoms with E-state index in [1.165, 1.54) is 0 Å². The quantitative estimate of drug-likeness (QED) is 0.0426. The standard InChI is InChI=1S/C43H69N7O25/c51-27-24(73-38(64)33(57)30(27)54)17-70-41(67)44-7-2-10-48-11-13-49(22(36(60)61)5-8-45-42(68)71-18-25-28(52)31(55)34(58)39(65)74-25)15-20-3-1-4-21(47-20)16-50(14-12-48)23(37(62)63)6-9-46-43(69)72-19-26-29(53)32(56)35(59)40(66)75-26/h1,3-4,22-35,38-40,51-59,64-66H,2,5-19H2,(H,44,67)(H,45,68)(H,46,69)(H,60,61)(H,62,63)/t22?,23?,24-,25-,26-,27-,28-,29-,30+,31+,32+,33-,34-,35-,38?,39?,40?/m1/s1. The molecule has 3 amide bonds. The van der Waals surface area contributed by atoms with Crippen molar-refractivity contribution in [1.29, 1.82) is 0 Å². The van der Waals surface area contributed by atoms with Crippen LogP contribution in [0.5, 0.6) is 0 Å². The molecule has 3 saturated heterocycles. The van der Waals surface area contributed by atoms with E-state index in [-0.39, 0.29) is 84.7 Å². The van der Waals surface area contributed by atoms with Crippen LogP contribution in [0, 0.1) is 0 Å². The zero-order valence-corrected chi connectivity index (χ0v) is 40.4. The molecule has 1 aromatic rings. The highest BCUT2D eigenvalue weighted by molar-refractivity contribution is 5.74. The van der Waals surface area contributed by atoms with Crippen LogP contribution in [0.1, 0.15) is 30.7 Å². The summed E-state index contributed by atoms with van der Waals surface area (Å²) in [6, 6.07) is 2.44. The summed E-state index contributed by atoms with van der Waals surface area (Å²) in [6.07, 6.45) is -28.8. The van der Waals surface area contributed by atoms with Crippen LogP contribution in [0.3, 0.4) is 0 Å². The van der Waals surface area contributed by atoms with E-state index < -0.39 is 154 Å². The monoisotopic (exact) mass is 1080 g/mol. The third kappa shape index (κ3) is 17.6. The fourth-order valence-corrected chi connectivity index (χ4v) is 8.56. The molecule has 4 aliphatic heterocycles. The van der Waals surface area contributed by atoms with Crippen LogP contribution in [-0.4, -0.2) is 298 Å². The van der Waals surface area contributed by atoms with Crippen molar-refractivity contribution in [1.82, 2.24) is 35.6 Å². The second kappa shape index (κ2) is 29.1. The summed E-state index contributed by atoms with van der Waals surface area (Å²) >= 11 is 0. The molecule has 426 valence electrons. The van der Waals surface area contributed by atoms with Crippen LogP contribution < -0.4 is 16.0 Å². The minimum Gasteiger partial charge on any atom is -0.480 e. The van der Waals surface area contributed by atoms with Gasteiger partial charge in [0.15, 0.2) is 18.9 Å². The van der Waals surface area contributed by atoms with Crippen molar-refractivity contribution in [2.75, 3.05) is 72.2 Å². The molecule has 5 unspecified atom stereocenters. The van der Waals surface area contributed by atoms with Crippen molar-refractivity contribution in [3.63, 3.8) is 0 Å². The molecule has 3 fully saturated rings. The molecule has 2 bridgehead atoms. The van der Waals surface area contributed by atoms with Crippen molar-refractivity contribution >= 4 is 30.2 Å². The van der Waals surface area contributed by atoms with Gasteiger partial charge >= 0.3 is 30.2 Å². The average molecular weight is 1080 g/mol. The second-order valence-corrected chi connectivity index (χ2v) is 18.2. The molecule has 0 aromatic carbocycles. The van der Waals surface area contributed by atoms with Gasteiger partial charge in [-0.15, -0.1) is 0 Å². The van der Waals surface area contributed by atoms with Gasteiger partial charge in [-0.1, -0.05) is 6.07 Å². The topological polar surface area (TPSA) is 483 Å². The number of ether oxygens (including phenoxy) is 6. The predicted octanol–water partition coefficient (Wildman–Crippen LogP) is -8.34. The van der Waals surface area contributed by atoms with Gasteiger partial charge in [-0.05, 0) is 37.9 Å². The Hall–Kier alpha value is -4.82. The van der Waals surface area contributed by atoms with Gasteiger partial charge in [-0.3, -0.25) is 24.4 Å². The average Bonchev–Trinajstić information content (AvgIpc) is 3.37. The number of hydrogen-bond donors (Lipinski definition) is 17. The summed E-state index contributed by atoms with van der Waals surface area (Å²) < 4.78 is 30.2. The van der Waals surface area contributed by atoms with Crippen LogP contribution >= 0.6 is 0 Å². The number of carboxylic acid groups (broad SMARTS) is 2. The zero-order chi connectivity index (χ0) is 55.1. The van der Waals surface area contributed by atoms with Crippen molar-refractivity contribution in [3.8, 4) is 0 Å². The number of hydrogen-bond acceptors (Lipinski definition) is 27. The van der Waals surface area contributed by atoms with E-state index >= 15 is 0 Å². The molecule has 32 heteroatoms. The number of nitrogens with zero attached hydrogens (tertiary/aromatic N) is 4. The molecule has 32 nitrogen and oxygen atoms in total. The number of aliphatic hydroxyl groups is 12. The fraction of sp³-hybridized carbons (Fsp3) is 0.767. The first-order valence-corrected chi connectivity index (χ1v) is 24.0. The summed E-state index contributed by atoms with van der Waals surface area (Å²) in [5.74, 6) is -2.53. The maximum Gasteiger partial charge on any atom is 0.407 e. The normalized spacial score (nSPS) is 33.1. The number of amides is 3. The van der Waals surface area contributed by atoms with E-state index in [2.05, 4.69) is 16.0 Å². The Kier molecular flexibility index (Phi) is 23.7. The number of carbonyl (C=O) groups is 5. The first kappa shape index (κ1) is 61.0. The minimum absolute atomic E-state index is 0.00176. The van der Waals surface area contributed by atoms with Gasteiger partial charge in [0.25, 0.3) is 0 Å². The molecule has 0 saturated carbocycles. The van der Waals surface area contributed by atoms with Crippen molar-refractivity contribution < 1.29 is 124 Å². The van der Waals surface area contributed by atoms with Crippen LogP contribution in [0.2, 0.25) is 0 Å². The number of fused-ring (bicyclic) bond motifs is 2. The van der Waals surface area contributed by atoms with E-state index in [1.807, 2.05) is 4.90 Å². The number of carbonyl (C=O) groups excluding carboxylic acids is 3. The lowest BCUT2D eigenvalue weighted by molar-refractivity contribution is -0.286. The van der Waals surface area contributed by atoms with Crippen molar-refractivity contribution in [3.05, 3.63) is 29.6 Å². The van der Waals surface area contributed by atoms with Gasteiger partial charge in [0.1, 0.15) is 105 Å². The lowest BCUT2D eigenvalue weighted by Gasteiger charge is -2.37. The molecule has 0 aliphatic carbocycles. The molecular formula is C43H69N7O25. The second-order valence-electron chi connectivity index (χ2n) is 18.2. The highest BCUT2D eigenvalue weighted by Crippen LogP contribution is 2.23. The van der Waals surface area contributed by atoms with Gasteiger partial charge in [-0.2, -0.15) is 0 Å². The maximum absolute atomic E-state index is 12.9. The molecule has 0 radical (unpaired) electrons. The highest BCUT2D eigenvalue weighted by Gasteiger charge is 2.46. The Morgan fingerprint density at radius 2 is 0.867 bits per heavy atom. The minimum atomic E-state index is -1.87. The number of pyridine rings is 1. The van der Waals surface area contributed by atoms with Gasteiger partial charge < -0.3 is 121 Å². The zero-order valence-electron chi connectivity index (χ0n) is 40.4. The van der Waals surface area contributed by atoms with E-state index in [9.17, 15) is 95.5 Å². The Bertz CT molecular complexity index is 1900. The summed E-state index contributed by atoms with van der Waals surface area (Å²) in [5, 5.41) is 147. The number of rotatable bonds is 20. The smallest absolute Gasteiger partial charge is 0.407 e. The molecule has 4 aliphatic rings. The third-order valence-electron chi connectivity index (χ3n) is 12.9. The number of aliphatic carboxylic acids is 2. The Balaban J connectivity index is 1.24. The first-order valence-electron chi connectivity index (χ1n) is 24.0. The summed E-state index contributed by atoms with van der Waals surface area (Å²) in [7, 11) is 0. The van der Waals surface area contributed by atoms with Gasteiger partial charge in [0.05, 0.1) is 11.4 Å². The molecule has 17 N–H and O–H groups in total. The van der Waals surface area contributed by atoms with E-state index in [0.717, 1.165) is 0 Å². The van der Waals surface area contributed by atoms with Gasteiger partial charge in [0.2, 0.25) is 0 Å². The number of aromatic nitrogens is 1. The van der Waals surface area contributed by atoms with E-state index in [4.69, 9.17) is 33.4 Å². The summed E-state index contributed by atoms with van der Waals surface area (Å²) in [5.41, 5.74) is 0.788. The lowest BCUT2D eigenvalue weighted by Crippen LogP contribution is -2.58. The van der Waals surface area contributed by atoms with Crippen LogP contribution in [-0.2, 0) is 51.1 Å².